The minimum absolute atomic E-state index is 0.243. The Hall–Kier alpha value is -1.88. The van der Waals surface area contributed by atoms with Gasteiger partial charge in [0.2, 0.25) is 0 Å². The summed E-state index contributed by atoms with van der Waals surface area (Å²) in [5.74, 6) is -0.497. The predicted octanol–water partition coefficient (Wildman–Crippen LogP) is 3.52. The SMILES string of the molecule is COC(=O)Cc1ccc(CNc2cc(F)ccc2C)s1. The van der Waals surface area contributed by atoms with Crippen LogP contribution in [0, 0.1) is 12.7 Å². The van der Waals surface area contributed by atoms with Gasteiger partial charge in [-0.1, -0.05) is 6.07 Å². The number of hydrogen-bond acceptors (Lipinski definition) is 4. The quantitative estimate of drug-likeness (QED) is 0.857. The summed E-state index contributed by atoms with van der Waals surface area (Å²) in [6.45, 7) is 2.54. The van der Waals surface area contributed by atoms with E-state index < -0.39 is 0 Å². The first-order valence-electron chi connectivity index (χ1n) is 6.23. The standard InChI is InChI=1S/C15H16FNO2S/c1-10-3-4-11(16)7-14(10)17-9-13-6-5-12(20-13)8-15(18)19-2/h3-7,17H,8-9H2,1-2H3. The molecule has 0 atom stereocenters. The number of halogens is 1. The van der Waals surface area contributed by atoms with Crippen molar-refractivity contribution >= 4 is 23.0 Å². The van der Waals surface area contributed by atoms with E-state index in [1.807, 2.05) is 19.1 Å². The third-order valence-corrected chi connectivity index (χ3v) is 4.00. The highest BCUT2D eigenvalue weighted by Crippen LogP contribution is 2.21. The molecule has 0 unspecified atom stereocenters. The summed E-state index contributed by atoms with van der Waals surface area (Å²) >= 11 is 1.55. The fraction of sp³-hybridized carbons (Fsp3) is 0.267. The molecule has 1 aromatic carbocycles. The van der Waals surface area contributed by atoms with Crippen LogP contribution in [0.15, 0.2) is 30.3 Å². The van der Waals surface area contributed by atoms with Crippen LogP contribution in [0.4, 0.5) is 10.1 Å². The minimum Gasteiger partial charge on any atom is -0.469 e. The van der Waals surface area contributed by atoms with Gasteiger partial charge in [-0.3, -0.25) is 4.79 Å². The lowest BCUT2D eigenvalue weighted by molar-refractivity contribution is -0.139. The van der Waals surface area contributed by atoms with Crippen LogP contribution < -0.4 is 5.32 Å². The fourth-order valence-corrected chi connectivity index (χ4v) is 2.74. The molecule has 0 aliphatic carbocycles. The maximum absolute atomic E-state index is 13.2. The van der Waals surface area contributed by atoms with Crippen molar-refractivity contribution in [2.75, 3.05) is 12.4 Å². The number of hydrogen-bond donors (Lipinski definition) is 1. The number of esters is 1. The fourth-order valence-electron chi connectivity index (χ4n) is 1.79. The number of carbonyl (C=O) groups is 1. The predicted molar refractivity (Wildman–Crippen MR) is 78.5 cm³/mol. The van der Waals surface area contributed by atoms with Crippen LogP contribution in [-0.2, 0) is 22.5 Å². The summed E-state index contributed by atoms with van der Waals surface area (Å²) in [6, 6.07) is 8.55. The molecule has 2 rings (SSSR count). The smallest absolute Gasteiger partial charge is 0.310 e. The molecule has 3 nitrogen and oxygen atoms in total. The van der Waals surface area contributed by atoms with Gasteiger partial charge in [0, 0.05) is 22.0 Å². The highest BCUT2D eigenvalue weighted by molar-refractivity contribution is 7.12. The van der Waals surface area contributed by atoms with Crippen molar-refractivity contribution < 1.29 is 13.9 Å². The average Bonchev–Trinajstić information content (AvgIpc) is 2.87. The van der Waals surface area contributed by atoms with Gasteiger partial charge in [0.15, 0.2) is 0 Å². The first-order chi connectivity index (χ1) is 9.58. The molecule has 0 saturated heterocycles. The van der Waals surface area contributed by atoms with Crippen LogP contribution in [0.5, 0.6) is 0 Å². The Labute approximate surface area is 121 Å². The molecule has 0 spiro atoms. The first-order valence-corrected chi connectivity index (χ1v) is 7.04. The maximum Gasteiger partial charge on any atom is 0.310 e. The molecule has 106 valence electrons. The van der Waals surface area contributed by atoms with Crippen molar-refractivity contribution in [3.63, 3.8) is 0 Å². The third kappa shape index (κ3) is 3.81. The van der Waals surface area contributed by atoms with Crippen LogP contribution in [0.1, 0.15) is 15.3 Å². The molecule has 5 heteroatoms. The molecule has 0 aliphatic rings. The van der Waals surface area contributed by atoms with Crippen LogP contribution in [0.2, 0.25) is 0 Å². The van der Waals surface area contributed by atoms with E-state index in [4.69, 9.17) is 0 Å². The second-order valence-electron chi connectivity index (χ2n) is 4.43. The maximum atomic E-state index is 13.2. The van der Waals surface area contributed by atoms with Crippen LogP contribution in [0.25, 0.3) is 0 Å². The van der Waals surface area contributed by atoms with E-state index >= 15 is 0 Å². The number of benzene rings is 1. The van der Waals surface area contributed by atoms with Gasteiger partial charge in [0.05, 0.1) is 13.5 Å². The Bertz CT molecular complexity index is 610. The van der Waals surface area contributed by atoms with Crippen molar-refractivity contribution in [3.05, 3.63) is 51.5 Å². The molecule has 0 bridgehead atoms. The Morgan fingerprint density at radius 1 is 1.30 bits per heavy atom. The molecule has 1 heterocycles. The summed E-state index contributed by atoms with van der Waals surface area (Å²) in [6.07, 6.45) is 0.292. The van der Waals surface area contributed by atoms with Crippen molar-refractivity contribution in [1.82, 2.24) is 0 Å². The summed E-state index contributed by atoms with van der Waals surface area (Å²) in [4.78, 5) is 13.2. The van der Waals surface area contributed by atoms with Crippen LogP contribution >= 0.6 is 11.3 Å². The normalized spacial score (nSPS) is 10.3. The highest BCUT2D eigenvalue weighted by atomic mass is 32.1. The van der Waals surface area contributed by atoms with Gasteiger partial charge in [-0.05, 0) is 36.8 Å². The summed E-state index contributed by atoms with van der Waals surface area (Å²) in [7, 11) is 1.38. The van der Waals surface area contributed by atoms with Gasteiger partial charge in [-0.25, -0.2) is 4.39 Å². The molecule has 0 aliphatic heterocycles. The number of thiophene rings is 1. The summed E-state index contributed by atoms with van der Waals surface area (Å²) < 4.78 is 17.8. The third-order valence-electron chi connectivity index (χ3n) is 2.92. The van der Waals surface area contributed by atoms with E-state index in [0.29, 0.717) is 13.0 Å². The lowest BCUT2D eigenvalue weighted by Crippen LogP contribution is -2.02. The van der Waals surface area contributed by atoms with E-state index in [1.54, 1.807) is 17.4 Å². The summed E-state index contributed by atoms with van der Waals surface area (Å²) in [5.41, 5.74) is 1.78. The molecule has 0 amide bonds. The molecule has 2 aromatic rings. The monoisotopic (exact) mass is 293 g/mol. The van der Waals surface area contributed by atoms with Gasteiger partial charge < -0.3 is 10.1 Å². The van der Waals surface area contributed by atoms with Crippen molar-refractivity contribution in [2.24, 2.45) is 0 Å². The zero-order chi connectivity index (χ0) is 14.5. The zero-order valence-electron chi connectivity index (χ0n) is 11.4. The largest absolute Gasteiger partial charge is 0.469 e. The number of methoxy groups -OCH3 is 1. The Morgan fingerprint density at radius 2 is 2.05 bits per heavy atom. The molecular weight excluding hydrogens is 277 g/mol. The molecular formula is C15H16FNO2S. The summed E-state index contributed by atoms with van der Waals surface area (Å²) in [5, 5.41) is 3.20. The van der Waals surface area contributed by atoms with Gasteiger partial charge in [0.25, 0.3) is 0 Å². The van der Waals surface area contributed by atoms with E-state index in [-0.39, 0.29) is 11.8 Å². The topological polar surface area (TPSA) is 38.3 Å². The van der Waals surface area contributed by atoms with Crippen molar-refractivity contribution in [1.29, 1.82) is 0 Å². The lowest BCUT2D eigenvalue weighted by Gasteiger charge is -2.08. The molecule has 0 saturated carbocycles. The van der Waals surface area contributed by atoms with E-state index in [2.05, 4.69) is 10.1 Å². The second-order valence-corrected chi connectivity index (χ2v) is 5.69. The van der Waals surface area contributed by atoms with E-state index in [1.165, 1.54) is 19.2 Å². The number of aryl methyl sites for hydroxylation is 1. The number of rotatable bonds is 5. The van der Waals surface area contributed by atoms with Gasteiger partial charge in [-0.15, -0.1) is 11.3 Å². The lowest BCUT2D eigenvalue weighted by atomic mass is 10.2. The average molecular weight is 293 g/mol. The van der Waals surface area contributed by atoms with Crippen LogP contribution in [0.3, 0.4) is 0 Å². The first kappa shape index (κ1) is 14.5. The van der Waals surface area contributed by atoms with Gasteiger partial charge >= 0.3 is 5.97 Å². The Balaban J connectivity index is 1.97. The molecule has 1 N–H and O–H groups in total. The number of anilines is 1. The molecule has 1 aromatic heterocycles. The van der Waals surface area contributed by atoms with E-state index in [9.17, 15) is 9.18 Å². The van der Waals surface area contributed by atoms with Gasteiger partial charge in [0.1, 0.15) is 5.82 Å². The number of carbonyl (C=O) groups excluding carboxylic acids is 1. The number of ether oxygens (including phenoxy) is 1. The van der Waals surface area contributed by atoms with Crippen molar-refractivity contribution in [3.8, 4) is 0 Å². The Kier molecular flexibility index (Phi) is 4.74. The van der Waals surface area contributed by atoms with Gasteiger partial charge in [-0.2, -0.15) is 0 Å². The number of nitrogens with one attached hydrogen (secondary N) is 1. The highest BCUT2D eigenvalue weighted by Gasteiger charge is 2.07. The van der Waals surface area contributed by atoms with Crippen molar-refractivity contribution in [2.45, 2.75) is 19.9 Å². The minimum atomic E-state index is -0.254. The van der Waals surface area contributed by atoms with Crippen LogP contribution in [-0.4, -0.2) is 13.1 Å². The second kappa shape index (κ2) is 6.52. The zero-order valence-corrected chi connectivity index (χ0v) is 12.2. The molecule has 20 heavy (non-hydrogen) atoms. The molecule has 0 radical (unpaired) electrons. The molecule has 0 fully saturated rings. The van der Waals surface area contributed by atoms with E-state index in [0.717, 1.165) is 21.0 Å². The Morgan fingerprint density at radius 3 is 2.80 bits per heavy atom.